The van der Waals surface area contributed by atoms with Crippen LogP contribution in [0.1, 0.15) is 37.3 Å². The summed E-state index contributed by atoms with van der Waals surface area (Å²) < 4.78 is 0. The van der Waals surface area contributed by atoms with Gasteiger partial charge in [-0.05, 0) is 49.3 Å². The minimum Gasteiger partial charge on any atom is -0.354 e. The molecule has 0 saturated heterocycles. The Hall–Kier alpha value is -0.870. The second-order valence-corrected chi connectivity index (χ2v) is 6.04. The third-order valence-corrected chi connectivity index (χ3v) is 4.45. The molecule has 1 aliphatic rings. The molecular weight excluding hydrogens is 244 g/mol. The molecule has 0 unspecified atom stereocenters. The van der Waals surface area contributed by atoms with Crippen molar-refractivity contribution in [1.29, 1.82) is 0 Å². The van der Waals surface area contributed by atoms with Gasteiger partial charge >= 0.3 is 0 Å². The van der Waals surface area contributed by atoms with Crippen LogP contribution in [0.2, 0.25) is 0 Å². The zero-order chi connectivity index (χ0) is 13.0. The molecule has 0 radical (unpaired) electrons. The first-order chi connectivity index (χ1) is 8.68. The van der Waals surface area contributed by atoms with Gasteiger partial charge in [-0.3, -0.25) is 4.79 Å². The van der Waals surface area contributed by atoms with E-state index in [-0.39, 0.29) is 17.9 Å². The molecule has 1 aromatic heterocycles. The topological polar surface area (TPSA) is 32.3 Å². The summed E-state index contributed by atoms with van der Waals surface area (Å²) in [6.07, 6.45) is 4.55. The summed E-state index contributed by atoms with van der Waals surface area (Å²) in [6.45, 7) is 0.707. The molecule has 1 heterocycles. The number of amides is 1. The van der Waals surface area contributed by atoms with Crippen LogP contribution in [-0.4, -0.2) is 31.4 Å². The van der Waals surface area contributed by atoms with Gasteiger partial charge in [0.25, 0.3) is 0 Å². The second kappa shape index (κ2) is 6.34. The summed E-state index contributed by atoms with van der Waals surface area (Å²) in [5, 5.41) is 7.37. The zero-order valence-corrected chi connectivity index (χ0v) is 12.0. The standard InChI is InChI=1S/C14H22N2OS/c1-16(2)13(12-7-8-18-10-12)9-15-14(17)11-5-3-4-6-11/h7-8,10-11,13H,3-6,9H2,1-2H3,(H,15,17)/t13-/m1/s1. The summed E-state index contributed by atoms with van der Waals surface area (Å²) in [5.74, 6) is 0.505. The van der Waals surface area contributed by atoms with Gasteiger partial charge in [-0.25, -0.2) is 0 Å². The van der Waals surface area contributed by atoms with Crippen molar-refractivity contribution in [2.45, 2.75) is 31.7 Å². The lowest BCUT2D eigenvalue weighted by atomic mass is 10.1. The van der Waals surface area contributed by atoms with Gasteiger partial charge in [0.05, 0.1) is 6.04 Å². The van der Waals surface area contributed by atoms with E-state index in [1.54, 1.807) is 11.3 Å². The highest BCUT2D eigenvalue weighted by molar-refractivity contribution is 7.07. The van der Waals surface area contributed by atoms with E-state index in [2.05, 4.69) is 41.1 Å². The largest absolute Gasteiger partial charge is 0.354 e. The number of hydrogen-bond acceptors (Lipinski definition) is 3. The van der Waals surface area contributed by atoms with Crippen molar-refractivity contribution in [3.8, 4) is 0 Å². The maximum absolute atomic E-state index is 12.0. The molecule has 1 saturated carbocycles. The number of hydrogen-bond donors (Lipinski definition) is 1. The molecule has 100 valence electrons. The lowest BCUT2D eigenvalue weighted by Crippen LogP contribution is -2.37. The van der Waals surface area contributed by atoms with Crippen LogP contribution in [-0.2, 0) is 4.79 Å². The van der Waals surface area contributed by atoms with Gasteiger partial charge in [0.15, 0.2) is 0 Å². The first-order valence-corrected chi connectivity index (χ1v) is 7.59. The van der Waals surface area contributed by atoms with E-state index >= 15 is 0 Å². The summed E-state index contributed by atoms with van der Waals surface area (Å²) >= 11 is 1.71. The van der Waals surface area contributed by atoms with Crippen LogP contribution in [0.5, 0.6) is 0 Å². The molecule has 0 spiro atoms. The fraction of sp³-hybridized carbons (Fsp3) is 0.643. The highest BCUT2D eigenvalue weighted by Gasteiger charge is 2.23. The van der Waals surface area contributed by atoms with Crippen LogP contribution >= 0.6 is 11.3 Å². The molecule has 0 aromatic carbocycles. The van der Waals surface area contributed by atoms with Gasteiger partial charge in [-0.1, -0.05) is 12.8 Å². The average Bonchev–Trinajstić information content (AvgIpc) is 3.01. The number of nitrogens with one attached hydrogen (secondary N) is 1. The van der Waals surface area contributed by atoms with Crippen molar-refractivity contribution < 1.29 is 4.79 Å². The smallest absolute Gasteiger partial charge is 0.223 e. The van der Waals surface area contributed by atoms with Gasteiger partial charge < -0.3 is 10.2 Å². The molecule has 3 nitrogen and oxygen atoms in total. The molecule has 2 rings (SSSR count). The van der Waals surface area contributed by atoms with Gasteiger partial charge in [0.2, 0.25) is 5.91 Å². The third-order valence-electron chi connectivity index (χ3n) is 3.75. The predicted octanol–water partition coefficient (Wildman–Crippen LogP) is 2.66. The van der Waals surface area contributed by atoms with Crippen molar-refractivity contribution >= 4 is 17.2 Å². The molecule has 1 aromatic rings. The Morgan fingerprint density at radius 3 is 2.78 bits per heavy atom. The van der Waals surface area contributed by atoms with E-state index in [0.717, 1.165) is 12.8 Å². The van der Waals surface area contributed by atoms with Gasteiger partial charge in [-0.2, -0.15) is 11.3 Å². The number of thiophene rings is 1. The summed E-state index contributed by atoms with van der Waals surface area (Å²) in [7, 11) is 4.12. The van der Waals surface area contributed by atoms with Crippen LogP contribution in [0.15, 0.2) is 16.8 Å². The molecule has 1 amide bonds. The fourth-order valence-corrected chi connectivity index (χ4v) is 3.30. The number of carbonyl (C=O) groups is 1. The van der Waals surface area contributed by atoms with Gasteiger partial charge in [-0.15, -0.1) is 0 Å². The molecular formula is C14H22N2OS. The minimum absolute atomic E-state index is 0.245. The maximum Gasteiger partial charge on any atom is 0.223 e. The van der Waals surface area contributed by atoms with E-state index in [0.29, 0.717) is 6.54 Å². The Labute approximate surface area is 113 Å². The van der Waals surface area contributed by atoms with Gasteiger partial charge in [0.1, 0.15) is 0 Å². The van der Waals surface area contributed by atoms with Crippen molar-refractivity contribution in [1.82, 2.24) is 10.2 Å². The summed E-state index contributed by atoms with van der Waals surface area (Å²) in [4.78, 5) is 14.2. The molecule has 0 aliphatic heterocycles. The SMILES string of the molecule is CN(C)[C@H](CNC(=O)C1CCCC1)c1ccsc1. The van der Waals surface area contributed by atoms with Crippen LogP contribution in [0.4, 0.5) is 0 Å². The monoisotopic (exact) mass is 266 g/mol. The Bertz CT molecular complexity index is 369. The molecule has 1 atom stereocenters. The predicted molar refractivity (Wildman–Crippen MR) is 75.7 cm³/mol. The Morgan fingerprint density at radius 2 is 2.22 bits per heavy atom. The highest BCUT2D eigenvalue weighted by Crippen LogP contribution is 2.25. The number of nitrogens with zero attached hydrogens (tertiary/aromatic N) is 1. The first-order valence-electron chi connectivity index (χ1n) is 6.64. The maximum atomic E-state index is 12.0. The number of carbonyl (C=O) groups excluding carboxylic acids is 1. The number of likely N-dealkylation sites (N-methyl/N-ethyl adjacent to an activating group) is 1. The van der Waals surface area contributed by atoms with Gasteiger partial charge in [0, 0.05) is 12.5 Å². The summed E-state index contributed by atoms with van der Waals surface area (Å²) in [6, 6.07) is 2.42. The van der Waals surface area contributed by atoms with Crippen molar-refractivity contribution in [2.75, 3.05) is 20.6 Å². The summed E-state index contributed by atoms with van der Waals surface area (Å²) in [5.41, 5.74) is 1.29. The van der Waals surface area contributed by atoms with Crippen molar-refractivity contribution in [3.05, 3.63) is 22.4 Å². The normalized spacial score (nSPS) is 18.2. The molecule has 0 bridgehead atoms. The van der Waals surface area contributed by atoms with Crippen LogP contribution in [0, 0.1) is 5.92 Å². The Morgan fingerprint density at radius 1 is 1.50 bits per heavy atom. The van der Waals surface area contributed by atoms with Crippen LogP contribution < -0.4 is 5.32 Å². The number of rotatable bonds is 5. The lowest BCUT2D eigenvalue weighted by Gasteiger charge is -2.24. The highest BCUT2D eigenvalue weighted by atomic mass is 32.1. The van der Waals surface area contributed by atoms with E-state index in [9.17, 15) is 4.79 Å². The molecule has 4 heteroatoms. The Kier molecular flexibility index (Phi) is 4.78. The van der Waals surface area contributed by atoms with Crippen LogP contribution in [0.25, 0.3) is 0 Å². The Balaban J connectivity index is 1.88. The molecule has 1 N–H and O–H groups in total. The van der Waals surface area contributed by atoms with E-state index in [1.165, 1.54) is 18.4 Å². The molecule has 1 aliphatic carbocycles. The second-order valence-electron chi connectivity index (χ2n) is 5.26. The van der Waals surface area contributed by atoms with Crippen molar-refractivity contribution in [2.24, 2.45) is 5.92 Å². The molecule has 1 fully saturated rings. The third kappa shape index (κ3) is 3.33. The minimum atomic E-state index is 0.245. The van der Waals surface area contributed by atoms with Crippen LogP contribution in [0.3, 0.4) is 0 Å². The lowest BCUT2D eigenvalue weighted by molar-refractivity contribution is -0.125. The zero-order valence-electron chi connectivity index (χ0n) is 11.2. The van der Waals surface area contributed by atoms with Crippen molar-refractivity contribution in [3.63, 3.8) is 0 Å². The van der Waals surface area contributed by atoms with E-state index < -0.39 is 0 Å². The van der Waals surface area contributed by atoms with E-state index in [4.69, 9.17) is 0 Å². The molecule has 18 heavy (non-hydrogen) atoms. The first kappa shape index (κ1) is 13.6. The quantitative estimate of drug-likeness (QED) is 0.888. The van der Waals surface area contributed by atoms with E-state index in [1.807, 2.05) is 0 Å². The fourth-order valence-electron chi connectivity index (χ4n) is 2.59. The average molecular weight is 266 g/mol.